The zero-order chi connectivity index (χ0) is 7.11. The zero-order valence-corrected chi connectivity index (χ0v) is 6.70. The molecular formula is C7H18N2. The van der Waals surface area contributed by atoms with E-state index in [9.17, 15) is 0 Å². The van der Waals surface area contributed by atoms with Crippen LogP contribution in [0.25, 0.3) is 0 Å². The van der Waals surface area contributed by atoms with Crippen molar-refractivity contribution in [1.82, 2.24) is 10.6 Å². The maximum absolute atomic E-state index is 3.27. The minimum atomic E-state index is 0.723. The molecule has 1 atom stereocenters. The van der Waals surface area contributed by atoms with Crippen LogP contribution >= 0.6 is 0 Å². The molecule has 1 saturated heterocycles. The summed E-state index contributed by atoms with van der Waals surface area (Å²) >= 11 is 0. The van der Waals surface area contributed by atoms with Crippen LogP contribution in [0.15, 0.2) is 0 Å². The Morgan fingerprint density at radius 1 is 1.33 bits per heavy atom. The van der Waals surface area contributed by atoms with Gasteiger partial charge in [-0.05, 0) is 19.9 Å². The Morgan fingerprint density at radius 2 is 2.00 bits per heavy atom. The molecule has 1 fully saturated rings. The van der Waals surface area contributed by atoms with Crippen LogP contribution in [0.4, 0.5) is 0 Å². The fourth-order valence-electron chi connectivity index (χ4n) is 0.755. The van der Waals surface area contributed by atoms with Crippen LogP contribution in [0.2, 0.25) is 0 Å². The number of hydrogen-bond donors (Lipinski definition) is 2. The summed E-state index contributed by atoms with van der Waals surface area (Å²) in [7, 11) is 0. The van der Waals surface area contributed by atoms with Gasteiger partial charge < -0.3 is 10.6 Å². The van der Waals surface area contributed by atoms with Crippen molar-refractivity contribution in [3.63, 3.8) is 0 Å². The lowest BCUT2D eigenvalue weighted by atomic mass is 10.2. The van der Waals surface area contributed by atoms with E-state index in [1.165, 1.54) is 13.0 Å². The smallest absolute Gasteiger partial charge is 0.0456 e. The standard InChI is InChI=1S/C5H12N2.C2H6/c1-5-2-3-6-4-7-5;1-2/h5-7H,2-4H2,1H3;1-2H3. The highest BCUT2D eigenvalue weighted by Gasteiger charge is 2.03. The van der Waals surface area contributed by atoms with Crippen molar-refractivity contribution in [3.8, 4) is 0 Å². The Kier molecular flexibility index (Phi) is 5.99. The Bertz CT molecular complexity index is 48.9. The van der Waals surface area contributed by atoms with Crippen LogP contribution in [-0.2, 0) is 0 Å². The highest BCUT2D eigenvalue weighted by Crippen LogP contribution is 1.89. The van der Waals surface area contributed by atoms with E-state index in [-0.39, 0.29) is 0 Å². The minimum Gasteiger partial charge on any atom is -0.304 e. The fraction of sp³-hybridized carbons (Fsp3) is 1.00. The van der Waals surface area contributed by atoms with Crippen LogP contribution in [0.3, 0.4) is 0 Å². The first kappa shape index (κ1) is 8.92. The van der Waals surface area contributed by atoms with E-state index in [1.807, 2.05) is 13.8 Å². The maximum Gasteiger partial charge on any atom is 0.0456 e. The summed E-state index contributed by atoms with van der Waals surface area (Å²) in [6, 6.07) is 0.723. The Morgan fingerprint density at radius 3 is 2.22 bits per heavy atom. The number of rotatable bonds is 0. The van der Waals surface area contributed by atoms with E-state index in [4.69, 9.17) is 0 Å². The molecule has 0 aromatic heterocycles. The summed E-state index contributed by atoms with van der Waals surface area (Å²) in [6.07, 6.45) is 1.26. The molecule has 1 heterocycles. The lowest BCUT2D eigenvalue weighted by molar-refractivity contribution is 0.410. The van der Waals surface area contributed by atoms with Gasteiger partial charge in [-0.15, -0.1) is 0 Å². The van der Waals surface area contributed by atoms with Gasteiger partial charge in [-0.2, -0.15) is 0 Å². The molecule has 0 saturated carbocycles. The average molecular weight is 130 g/mol. The predicted molar refractivity (Wildman–Crippen MR) is 41.4 cm³/mol. The number of nitrogens with one attached hydrogen (secondary N) is 2. The third kappa shape index (κ3) is 4.43. The maximum atomic E-state index is 3.27. The second kappa shape index (κ2) is 6.05. The summed E-state index contributed by atoms with van der Waals surface area (Å²) in [5.74, 6) is 0. The molecule has 1 rings (SSSR count). The van der Waals surface area contributed by atoms with Gasteiger partial charge in [-0.25, -0.2) is 0 Å². The van der Waals surface area contributed by atoms with Gasteiger partial charge in [0.1, 0.15) is 0 Å². The van der Waals surface area contributed by atoms with Crippen molar-refractivity contribution in [1.29, 1.82) is 0 Å². The molecule has 9 heavy (non-hydrogen) atoms. The second-order valence-electron chi connectivity index (χ2n) is 2.07. The van der Waals surface area contributed by atoms with Crippen molar-refractivity contribution < 1.29 is 0 Å². The summed E-state index contributed by atoms with van der Waals surface area (Å²) in [4.78, 5) is 0. The lowest BCUT2D eigenvalue weighted by Gasteiger charge is -2.19. The zero-order valence-electron chi connectivity index (χ0n) is 6.70. The van der Waals surface area contributed by atoms with Crippen molar-refractivity contribution in [2.75, 3.05) is 13.2 Å². The Balaban J connectivity index is 0.000000291. The van der Waals surface area contributed by atoms with Crippen LogP contribution < -0.4 is 10.6 Å². The molecule has 0 aromatic carbocycles. The van der Waals surface area contributed by atoms with E-state index in [1.54, 1.807) is 0 Å². The molecule has 0 spiro atoms. The summed E-state index contributed by atoms with van der Waals surface area (Å²) < 4.78 is 0. The molecule has 2 N–H and O–H groups in total. The average Bonchev–Trinajstić information content (AvgIpc) is 1.94. The van der Waals surface area contributed by atoms with E-state index in [0.717, 1.165) is 12.7 Å². The molecule has 1 aliphatic heterocycles. The first-order chi connectivity index (χ1) is 4.39. The largest absolute Gasteiger partial charge is 0.304 e. The van der Waals surface area contributed by atoms with E-state index < -0.39 is 0 Å². The number of hydrogen-bond acceptors (Lipinski definition) is 2. The van der Waals surface area contributed by atoms with Gasteiger partial charge in [0.2, 0.25) is 0 Å². The van der Waals surface area contributed by atoms with Gasteiger partial charge in [0.25, 0.3) is 0 Å². The molecule has 2 heteroatoms. The van der Waals surface area contributed by atoms with Gasteiger partial charge in [0, 0.05) is 12.7 Å². The first-order valence-electron chi connectivity index (χ1n) is 3.83. The molecule has 56 valence electrons. The molecule has 0 amide bonds. The Hall–Kier alpha value is -0.0800. The van der Waals surface area contributed by atoms with Gasteiger partial charge in [0.05, 0.1) is 0 Å². The summed E-state index contributed by atoms with van der Waals surface area (Å²) in [5.41, 5.74) is 0. The molecule has 0 aromatic rings. The highest BCUT2D eigenvalue weighted by molar-refractivity contribution is 4.65. The quantitative estimate of drug-likeness (QED) is 0.510. The van der Waals surface area contributed by atoms with Crippen LogP contribution in [-0.4, -0.2) is 19.3 Å². The second-order valence-corrected chi connectivity index (χ2v) is 2.07. The van der Waals surface area contributed by atoms with Crippen molar-refractivity contribution in [2.24, 2.45) is 0 Å². The predicted octanol–water partition coefficient (Wildman–Crippen LogP) is 0.942. The van der Waals surface area contributed by atoms with Gasteiger partial charge in [0.15, 0.2) is 0 Å². The third-order valence-corrected chi connectivity index (χ3v) is 1.33. The Labute approximate surface area is 58.0 Å². The molecule has 0 radical (unpaired) electrons. The first-order valence-corrected chi connectivity index (χ1v) is 3.83. The van der Waals surface area contributed by atoms with Gasteiger partial charge in [-0.1, -0.05) is 13.8 Å². The van der Waals surface area contributed by atoms with Crippen molar-refractivity contribution in [3.05, 3.63) is 0 Å². The van der Waals surface area contributed by atoms with Crippen LogP contribution in [0, 0.1) is 0 Å². The van der Waals surface area contributed by atoms with Crippen molar-refractivity contribution >= 4 is 0 Å². The van der Waals surface area contributed by atoms with Crippen LogP contribution in [0.1, 0.15) is 27.2 Å². The van der Waals surface area contributed by atoms with E-state index in [2.05, 4.69) is 17.6 Å². The molecule has 0 aliphatic carbocycles. The topological polar surface area (TPSA) is 24.1 Å². The van der Waals surface area contributed by atoms with Gasteiger partial charge in [-0.3, -0.25) is 0 Å². The van der Waals surface area contributed by atoms with Gasteiger partial charge >= 0.3 is 0 Å². The lowest BCUT2D eigenvalue weighted by Crippen LogP contribution is -2.43. The monoisotopic (exact) mass is 130 g/mol. The SMILES string of the molecule is CC.CC1CCNCN1. The molecule has 1 aliphatic rings. The van der Waals surface area contributed by atoms with E-state index >= 15 is 0 Å². The summed E-state index contributed by atoms with van der Waals surface area (Å²) in [6.45, 7) is 8.37. The summed E-state index contributed by atoms with van der Waals surface area (Å²) in [5, 5.41) is 6.47. The fourth-order valence-corrected chi connectivity index (χ4v) is 0.755. The molecule has 1 unspecified atom stereocenters. The van der Waals surface area contributed by atoms with Crippen molar-refractivity contribution in [2.45, 2.75) is 33.2 Å². The molecular weight excluding hydrogens is 112 g/mol. The minimum absolute atomic E-state index is 0.723. The van der Waals surface area contributed by atoms with Crippen LogP contribution in [0.5, 0.6) is 0 Å². The normalized spacial score (nSPS) is 26.3. The third-order valence-electron chi connectivity index (χ3n) is 1.33. The highest BCUT2D eigenvalue weighted by atomic mass is 15.1. The molecule has 2 nitrogen and oxygen atoms in total. The van der Waals surface area contributed by atoms with E-state index in [0.29, 0.717) is 0 Å². The molecule has 0 bridgehead atoms.